The van der Waals surface area contributed by atoms with Crippen molar-refractivity contribution in [3.05, 3.63) is 45.9 Å². The monoisotopic (exact) mass is 292 g/mol. The van der Waals surface area contributed by atoms with Crippen molar-refractivity contribution < 1.29 is 14.1 Å². The Kier molecular flexibility index (Phi) is 4.27. The molecule has 8 heteroatoms. The first-order valence-electron chi connectivity index (χ1n) is 6.21. The minimum Gasteiger partial charge on any atom is -0.439 e. The number of nitrogens with one attached hydrogen (secondary N) is 1. The largest absolute Gasteiger partial charge is 0.439 e. The van der Waals surface area contributed by atoms with Crippen LogP contribution in [0.2, 0.25) is 0 Å². The van der Waals surface area contributed by atoms with E-state index in [4.69, 9.17) is 4.74 Å². The first kappa shape index (κ1) is 14.6. The molecular weight excluding hydrogens is 279 g/mol. The quantitative estimate of drug-likeness (QED) is 0.672. The molecule has 0 unspecified atom stereocenters. The molecule has 0 bridgehead atoms. The van der Waals surface area contributed by atoms with Gasteiger partial charge in [-0.2, -0.15) is 9.37 Å². The van der Waals surface area contributed by atoms with E-state index < -0.39 is 16.4 Å². The number of nitro benzene ring substituents is 1. The zero-order valence-electron chi connectivity index (χ0n) is 11.5. The van der Waals surface area contributed by atoms with Crippen molar-refractivity contribution in [2.45, 2.75) is 13.8 Å². The number of aryl methyl sites for hydroxylation is 1. The molecule has 0 aliphatic heterocycles. The van der Waals surface area contributed by atoms with Gasteiger partial charge in [0.05, 0.1) is 4.92 Å². The topological polar surface area (TPSA) is 90.2 Å². The van der Waals surface area contributed by atoms with Gasteiger partial charge in [0.1, 0.15) is 5.75 Å². The molecule has 0 aliphatic carbocycles. The Labute approximate surface area is 120 Å². The van der Waals surface area contributed by atoms with E-state index in [1.807, 2.05) is 6.92 Å². The molecule has 2 rings (SSSR count). The van der Waals surface area contributed by atoms with Crippen molar-refractivity contribution in [1.82, 2.24) is 9.97 Å². The Balaban J connectivity index is 2.25. The zero-order chi connectivity index (χ0) is 15.4. The lowest BCUT2D eigenvalue weighted by Gasteiger charge is -2.08. The summed E-state index contributed by atoms with van der Waals surface area (Å²) in [7, 11) is 0. The van der Waals surface area contributed by atoms with Gasteiger partial charge >= 0.3 is 5.69 Å². The summed E-state index contributed by atoms with van der Waals surface area (Å²) in [6.45, 7) is 4.32. The van der Waals surface area contributed by atoms with E-state index >= 15 is 0 Å². The molecule has 2 aromatic rings. The normalized spacial score (nSPS) is 10.2. The Morgan fingerprint density at radius 3 is 2.76 bits per heavy atom. The molecule has 0 aliphatic rings. The number of halogens is 1. The highest BCUT2D eigenvalue weighted by molar-refractivity contribution is 5.40. The first-order chi connectivity index (χ1) is 9.99. The molecule has 110 valence electrons. The van der Waals surface area contributed by atoms with Crippen LogP contribution >= 0.6 is 0 Å². The van der Waals surface area contributed by atoms with Crippen molar-refractivity contribution in [1.29, 1.82) is 0 Å². The molecular formula is C13H13FN4O3. The van der Waals surface area contributed by atoms with E-state index in [1.165, 1.54) is 6.07 Å². The molecule has 0 spiro atoms. The lowest BCUT2D eigenvalue weighted by molar-refractivity contribution is -0.387. The summed E-state index contributed by atoms with van der Waals surface area (Å²) in [5.41, 5.74) is 0.0768. The van der Waals surface area contributed by atoms with Gasteiger partial charge in [-0.3, -0.25) is 10.1 Å². The third-order valence-electron chi connectivity index (χ3n) is 2.50. The minimum atomic E-state index is -0.963. The highest BCUT2D eigenvalue weighted by atomic mass is 19.1. The molecule has 0 radical (unpaired) electrons. The Morgan fingerprint density at radius 2 is 2.14 bits per heavy atom. The van der Waals surface area contributed by atoms with Crippen LogP contribution < -0.4 is 10.1 Å². The molecule has 21 heavy (non-hydrogen) atoms. The summed E-state index contributed by atoms with van der Waals surface area (Å²) in [6.07, 6.45) is 0. The number of ether oxygens (including phenoxy) is 1. The van der Waals surface area contributed by atoms with E-state index in [2.05, 4.69) is 15.3 Å². The third-order valence-corrected chi connectivity index (χ3v) is 2.50. The number of benzene rings is 1. The summed E-state index contributed by atoms with van der Waals surface area (Å²) in [6, 6.07) is 4.89. The lowest BCUT2D eigenvalue weighted by Crippen LogP contribution is -2.04. The second kappa shape index (κ2) is 6.12. The predicted octanol–water partition coefficient (Wildman–Crippen LogP) is 3.06. The molecule has 1 aromatic heterocycles. The van der Waals surface area contributed by atoms with Gasteiger partial charge in [0.15, 0.2) is 0 Å². The maximum Gasteiger partial charge on any atom is 0.305 e. The SMILES string of the molecule is CCNc1nc(C)cc(Oc2ccc([N+](=O)[O-])c(F)c2)n1. The van der Waals surface area contributed by atoms with Gasteiger partial charge in [0.25, 0.3) is 0 Å². The van der Waals surface area contributed by atoms with Crippen LogP contribution in [-0.2, 0) is 0 Å². The summed E-state index contributed by atoms with van der Waals surface area (Å²) < 4.78 is 18.9. The van der Waals surface area contributed by atoms with Crippen LogP contribution in [0.5, 0.6) is 11.6 Å². The summed E-state index contributed by atoms with van der Waals surface area (Å²) in [5.74, 6) is -0.213. The van der Waals surface area contributed by atoms with Crippen LogP contribution in [0.1, 0.15) is 12.6 Å². The molecule has 0 saturated heterocycles. The second-order valence-electron chi connectivity index (χ2n) is 4.17. The molecule has 1 N–H and O–H groups in total. The van der Waals surface area contributed by atoms with Gasteiger partial charge < -0.3 is 10.1 Å². The summed E-state index contributed by atoms with van der Waals surface area (Å²) >= 11 is 0. The van der Waals surface area contributed by atoms with E-state index in [-0.39, 0.29) is 11.6 Å². The average molecular weight is 292 g/mol. The van der Waals surface area contributed by atoms with Crippen LogP contribution in [0.25, 0.3) is 0 Å². The fourth-order valence-electron chi connectivity index (χ4n) is 1.65. The van der Waals surface area contributed by atoms with Gasteiger partial charge in [0.2, 0.25) is 17.6 Å². The van der Waals surface area contributed by atoms with Gasteiger partial charge in [-0.15, -0.1) is 0 Å². The molecule has 0 saturated carbocycles. The maximum absolute atomic E-state index is 13.5. The number of hydrogen-bond acceptors (Lipinski definition) is 6. The van der Waals surface area contributed by atoms with Gasteiger partial charge in [0, 0.05) is 30.4 Å². The Bertz CT molecular complexity index is 678. The van der Waals surface area contributed by atoms with E-state index in [0.717, 1.165) is 12.1 Å². The van der Waals surface area contributed by atoms with Crippen LogP contribution in [0, 0.1) is 22.9 Å². The number of aromatic nitrogens is 2. The Hall–Kier alpha value is -2.77. The molecule has 1 aromatic carbocycles. The van der Waals surface area contributed by atoms with E-state index in [9.17, 15) is 14.5 Å². The van der Waals surface area contributed by atoms with Crippen molar-refractivity contribution in [2.24, 2.45) is 0 Å². The van der Waals surface area contributed by atoms with Crippen LogP contribution in [0.3, 0.4) is 0 Å². The Morgan fingerprint density at radius 1 is 1.38 bits per heavy atom. The van der Waals surface area contributed by atoms with Crippen LogP contribution in [0.15, 0.2) is 24.3 Å². The standard InChI is InChI=1S/C13H13FN4O3/c1-3-15-13-16-8(2)6-12(17-13)21-9-4-5-11(18(19)20)10(14)7-9/h4-7H,3H2,1-2H3,(H,15,16,17). The lowest BCUT2D eigenvalue weighted by atomic mass is 10.3. The third kappa shape index (κ3) is 3.62. The number of nitrogens with zero attached hydrogens (tertiary/aromatic N) is 3. The second-order valence-corrected chi connectivity index (χ2v) is 4.17. The fourth-order valence-corrected chi connectivity index (χ4v) is 1.65. The predicted molar refractivity (Wildman–Crippen MR) is 74.1 cm³/mol. The van der Waals surface area contributed by atoms with Crippen LogP contribution in [0.4, 0.5) is 16.0 Å². The number of rotatable bonds is 5. The fraction of sp³-hybridized carbons (Fsp3) is 0.231. The molecule has 0 atom stereocenters. The smallest absolute Gasteiger partial charge is 0.305 e. The molecule has 1 heterocycles. The van der Waals surface area contributed by atoms with Gasteiger partial charge in [-0.1, -0.05) is 0 Å². The highest BCUT2D eigenvalue weighted by Gasteiger charge is 2.15. The maximum atomic E-state index is 13.5. The van der Waals surface area contributed by atoms with Gasteiger partial charge in [-0.25, -0.2) is 4.98 Å². The van der Waals surface area contributed by atoms with Crippen molar-refractivity contribution in [2.75, 3.05) is 11.9 Å². The summed E-state index contributed by atoms with van der Waals surface area (Å²) in [4.78, 5) is 18.0. The number of hydrogen-bond donors (Lipinski definition) is 1. The van der Waals surface area contributed by atoms with Crippen molar-refractivity contribution >= 4 is 11.6 Å². The van der Waals surface area contributed by atoms with Gasteiger partial charge in [-0.05, 0) is 19.9 Å². The summed E-state index contributed by atoms with van der Waals surface area (Å²) in [5, 5.41) is 13.5. The molecule has 0 amide bonds. The average Bonchev–Trinajstić information content (AvgIpc) is 2.37. The van der Waals surface area contributed by atoms with Crippen LogP contribution in [-0.4, -0.2) is 21.4 Å². The highest BCUT2D eigenvalue weighted by Crippen LogP contribution is 2.26. The zero-order valence-corrected chi connectivity index (χ0v) is 11.5. The van der Waals surface area contributed by atoms with E-state index in [1.54, 1.807) is 13.0 Å². The van der Waals surface area contributed by atoms with Crippen molar-refractivity contribution in [3.8, 4) is 11.6 Å². The molecule has 0 fully saturated rings. The first-order valence-corrected chi connectivity index (χ1v) is 6.21. The minimum absolute atomic E-state index is 0.124. The van der Waals surface area contributed by atoms with E-state index in [0.29, 0.717) is 18.2 Å². The number of anilines is 1. The molecule has 7 nitrogen and oxygen atoms in total. The van der Waals surface area contributed by atoms with Crippen molar-refractivity contribution in [3.63, 3.8) is 0 Å². The number of nitro groups is 1.